The van der Waals surface area contributed by atoms with Gasteiger partial charge in [-0.3, -0.25) is 5.43 Å². The molecule has 2 aromatic carbocycles. The fourth-order valence-electron chi connectivity index (χ4n) is 2.01. The first kappa shape index (κ1) is 18.4. The van der Waals surface area contributed by atoms with Crippen LogP contribution >= 0.6 is 28.1 Å². The summed E-state index contributed by atoms with van der Waals surface area (Å²) >= 11 is 8.71. The number of thiocarbonyl (C=S) groups is 1. The summed E-state index contributed by atoms with van der Waals surface area (Å²) in [5.41, 5.74) is 5.77. The lowest BCUT2D eigenvalue weighted by Crippen LogP contribution is -2.24. The molecular formula is C18H20BrN3OS. The van der Waals surface area contributed by atoms with E-state index >= 15 is 0 Å². The van der Waals surface area contributed by atoms with Gasteiger partial charge in [-0.1, -0.05) is 35.0 Å². The Bertz CT molecular complexity index is 734. The number of ether oxygens (including phenoxy) is 1. The molecule has 0 spiro atoms. The van der Waals surface area contributed by atoms with Crippen molar-refractivity contribution >= 4 is 45.2 Å². The normalized spacial score (nSPS) is 10.6. The van der Waals surface area contributed by atoms with Crippen LogP contribution in [0.15, 0.2) is 52.0 Å². The number of hydrazone groups is 1. The molecule has 0 aromatic heterocycles. The van der Waals surface area contributed by atoms with Gasteiger partial charge in [-0.2, -0.15) is 5.10 Å². The van der Waals surface area contributed by atoms with Crippen molar-refractivity contribution in [3.05, 3.63) is 58.1 Å². The van der Waals surface area contributed by atoms with E-state index in [1.165, 1.54) is 0 Å². The average molecular weight is 406 g/mol. The molecule has 0 aliphatic heterocycles. The van der Waals surface area contributed by atoms with Crippen molar-refractivity contribution in [2.75, 3.05) is 11.9 Å². The summed E-state index contributed by atoms with van der Waals surface area (Å²) < 4.78 is 6.73. The molecule has 2 aromatic rings. The highest BCUT2D eigenvalue weighted by molar-refractivity contribution is 9.10. The molecule has 0 atom stereocenters. The zero-order valence-corrected chi connectivity index (χ0v) is 16.1. The highest BCUT2D eigenvalue weighted by Gasteiger charge is 2.02. The number of nitrogens with zero attached hydrogens (tertiary/aromatic N) is 1. The van der Waals surface area contributed by atoms with Crippen LogP contribution < -0.4 is 15.5 Å². The summed E-state index contributed by atoms with van der Waals surface area (Å²) in [6.45, 7) is 4.77. The number of anilines is 1. The van der Waals surface area contributed by atoms with E-state index in [9.17, 15) is 0 Å². The first-order valence-electron chi connectivity index (χ1n) is 7.68. The molecule has 2 N–H and O–H groups in total. The lowest BCUT2D eigenvalue weighted by molar-refractivity contribution is 0.317. The van der Waals surface area contributed by atoms with Crippen LogP contribution in [-0.2, 0) is 0 Å². The summed E-state index contributed by atoms with van der Waals surface area (Å²) in [6.07, 6.45) is 2.66. The molecule has 126 valence electrons. The first-order valence-corrected chi connectivity index (χ1v) is 8.88. The maximum atomic E-state index is 5.69. The van der Waals surface area contributed by atoms with Crippen LogP contribution in [0.4, 0.5) is 5.69 Å². The molecule has 0 bridgehead atoms. The molecule has 0 heterocycles. The number of halogens is 1. The van der Waals surface area contributed by atoms with Gasteiger partial charge < -0.3 is 10.1 Å². The van der Waals surface area contributed by atoms with Gasteiger partial charge >= 0.3 is 0 Å². The Labute approximate surface area is 156 Å². The van der Waals surface area contributed by atoms with Gasteiger partial charge in [0.1, 0.15) is 5.75 Å². The highest BCUT2D eigenvalue weighted by atomic mass is 79.9. The monoisotopic (exact) mass is 405 g/mol. The zero-order chi connectivity index (χ0) is 17.4. The summed E-state index contributed by atoms with van der Waals surface area (Å²) in [6, 6.07) is 13.7. The number of rotatable bonds is 6. The van der Waals surface area contributed by atoms with E-state index in [1.807, 2.05) is 49.4 Å². The second-order valence-corrected chi connectivity index (χ2v) is 6.49. The molecule has 0 saturated carbocycles. The Morgan fingerprint density at radius 2 is 2.08 bits per heavy atom. The van der Waals surface area contributed by atoms with E-state index in [0.717, 1.165) is 33.5 Å². The molecule has 0 radical (unpaired) electrons. The van der Waals surface area contributed by atoms with Crippen molar-refractivity contribution in [1.82, 2.24) is 5.43 Å². The topological polar surface area (TPSA) is 45.6 Å². The summed E-state index contributed by atoms with van der Waals surface area (Å²) in [5, 5.41) is 7.75. The number of nitrogens with one attached hydrogen (secondary N) is 2. The van der Waals surface area contributed by atoms with Crippen LogP contribution in [-0.4, -0.2) is 17.9 Å². The summed E-state index contributed by atoms with van der Waals surface area (Å²) in [4.78, 5) is 0. The maximum Gasteiger partial charge on any atom is 0.191 e. The first-order chi connectivity index (χ1) is 11.6. The Balaban J connectivity index is 1.95. The average Bonchev–Trinajstić information content (AvgIpc) is 2.56. The van der Waals surface area contributed by atoms with E-state index in [4.69, 9.17) is 17.0 Å². The molecule has 2 rings (SSSR count). The van der Waals surface area contributed by atoms with E-state index in [1.54, 1.807) is 6.21 Å². The molecule has 4 nitrogen and oxygen atoms in total. The third-order valence-corrected chi connectivity index (χ3v) is 3.87. The largest absolute Gasteiger partial charge is 0.493 e. The molecular weight excluding hydrogens is 386 g/mol. The lowest BCUT2D eigenvalue weighted by atomic mass is 10.2. The quantitative estimate of drug-likeness (QED) is 0.408. The van der Waals surface area contributed by atoms with Crippen molar-refractivity contribution < 1.29 is 4.74 Å². The number of benzene rings is 2. The van der Waals surface area contributed by atoms with E-state index in [0.29, 0.717) is 11.7 Å². The van der Waals surface area contributed by atoms with Crippen LogP contribution in [0.5, 0.6) is 5.75 Å². The number of aryl methyl sites for hydroxylation is 1. The van der Waals surface area contributed by atoms with E-state index in [2.05, 4.69) is 38.7 Å². The van der Waals surface area contributed by atoms with E-state index < -0.39 is 0 Å². The second-order valence-electron chi connectivity index (χ2n) is 5.17. The van der Waals surface area contributed by atoms with Gasteiger partial charge in [-0.05, 0) is 61.5 Å². The van der Waals surface area contributed by atoms with Gasteiger partial charge in [0, 0.05) is 15.7 Å². The molecule has 0 fully saturated rings. The third-order valence-electron chi connectivity index (χ3n) is 3.19. The van der Waals surface area contributed by atoms with E-state index in [-0.39, 0.29) is 0 Å². The predicted molar refractivity (Wildman–Crippen MR) is 108 cm³/mol. The minimum absolute atomic E-state index is 0.434. The minimum Gasteiger partial charge on any atom is -0.493 e. The van der Waals surface area contributed by atoms with Crippen LogP contribution in [0.1, 0.15) is 24.5 Å². The fraction of sp³-hybridized carbons (Fsp3) is 0.222. The Morgan fingerprint density at radius 3 is 2.83 bits per heavy atom. The highest BCUT2D eigenvalue weighted by Crippen LogP contribution is 2.20. The molecule has 0 saturated heterocycles. The van der Waals surface area contributed by atoms with Gasteiger partial charge in [0.15, 0.2) is 5.11 Å². The standard InChI is InChI=1S/C18H20BrN3OS/c1-3-10-23-17-7-5-4-6-14(17)12-20-22-18(24)21-16-9-8-15(19)11-13(16)2/h4-9,11-12H,3,10H2,1-2H3,(H2,21,22,24)/b20-12-. The van der Waals surface area contributed by atoms with Gasteiger partial charge in [0.25, 0.3) is 0 Å². The SMILES string of the molecule is CCCOc1ccccc1/C=N\NC(=S)Nc1ccc(Br)cc1C. The molecule has 24 heavy (non-hydrogen) atoms. The number of hydrogen-bond donors (Lipinski definition) is 2. The van der Waals surface area contributed by atoms with Crippen LogP contribution in [0, 0.1) is 6.92 Å². The Morgan fingerprint density at radius 1 is 1.29 bits per heavy atom. The van der Waals surface area contributed by atoms with Crippen molar-refractivity contribution in [3.63, 3.8) is 0 Å². The van der Waals surface area contributed by atoms with Gasteiger partial charge in [-0.15, -0.1) is 0 Å². The maximum absolute atomic E-state index is 5.69. The number of hydrogen-bond acceptors (Lipinski definition) is 3. The fourth-order valence-corrected chi connectivity index (χ4v) is 2.65. The van der Waals surface area contributed by atoms with Gasteiger partial charge in [-0.25, -0.2) is 0 Å². The smallest absolute Gasteiger partial charge is 0.191 e. The van der Waals surface area contributed by atoms with Crippen molar-refractivity contribution in [2.24, 2.45) is 5.10 Å². The van der Waals surface area contributed by atoms with Crippen LogP contribution in [0.2, 0.25) is 0 Å². The molecule has 0 amide bonds. The summed E-state index contributed by atoms with van der Waals surface area (Å²) in [7, 11) is 0. The molecule has 0 unspecified atom stereocenters. The third kappa shape index (κ3) is 5.62. The van der Waals surface area contributed by atoms with Gasteiger partial charge in [0.2, 0.25) is 0 Å². The minimum atomic E-state index is 0.434. The predicted octanol–water partition coefficient (Wildman–Crippen LogP) is 4.87. The van der Waals surface area contributed by atoms with Crippen molar-refractivity contribution in [1.29, 1.82) is 0 Å². The molecule has 0 aliphatic rings. The molecule has 0 aliphatic carbocycles. The van der Waals surface area contributed by atoms with Crippen molar-refractivity contribution in [3.8, 4) is 5.75 Å². The Hall–Kier alpha value is -1.92. The van der Waals surface area contributed by atoms with Gasteiger partial charge in [0.05, 0.1) is 12.8 Å². The molecule has 6 heteroatoms. The number of para-hydroxylation sites is 1. The zero-order valence-electron chi connectivity index (χ0n) is 13.7. The van der Waals surface area contributed by atoms with Crippen LogP contribution in [0.3, 0.4) is 0 Å². The summed E-state index contributed by atoms with van der Waals surface area (Å²) in [5.74, 6) is 0.813. The van der Waals surface area contributed by atoms with Crippen molar-refractivity contribution in [2.45, 2.75) is 20.3 Å². The Kier molecular flexibility index (Phi) is 7.21. The van der Waals surface area contributed by atoms with Crippen LogP contribution in [0.25, 0.3) is 0 Å². The second kappa shape index (κ2) is 9.39. The lowest BCUT2D eigenvalue weighted by Gasteiger charge is -2.10.